The molecule has 1 aromatic carbocycles. The molecule has 0 aromatic heterocycles. The number of nitrogens with zero attached hydrogens (tertiary/aromatic N) is 2. The van der Waals surface area contributed by atoms with Crippen LogP contribution in [0.2, 0.25) is 0 Å². The van der Waals surface area contributed by atoms with Crippen LogP contribution in [0.1, 0.15) is 37.8 Å². The van der Waals surface area contributed by atoms with Crippen molar-refractivity contribution < 1.29 is 0 Å². The molecule has 0 bridgehead atoms. The first-order chi connectivity index (χ1) is 8.11. The molecule has 0 unspecified atom stereocenters. The van der Waals surface area contributed by atoms with Gasteiger partial charge in [-0.2, -0.15) is 5.26 Å². The molecule has 2 nitrogen and oxygen atoms in total. The van der Waals surface area contributed by atoms with E-state index >= 15 is 0 Å². The largest absolute Gasteiger partial charge is 0.368 e. The van der Waals surface area contributed by atoms with E-state index in [1.807, 2.05) is 13.0 Å². The Balaban J connectivity index is 2.24. The molecule has 17 heavy (non-hydrogen) atoms. The zero-order valence-electron chi connectivity index (χ0n) is 10.9. The van der Waals surface area contributed by atoms with E-state index < -0.39 is 0 Å². The molecule has 0 saturated heterocycles. The number of hydrogen-bond acceptors (Lipinski definition) is 2. The predicted octanol–water partition coefficient (Wildman–Crippen LogP) is 3.49. The minimum absolute atomic E-state index is 0.673. The maximum Gasteiger partial charge on any atom is 0.0994 e. The van der Waals surface area contributed by atoms with Crippen LogP contribution in [0.4, 0.5) is 5.69 Å². The van der Waals surface area contributed by atoms with E-state index in [1.54, 1.807) is 0 Å². The van der Waals surface area contributed by atoms with Crippen LogP contribution in [0.15, 0.2) is 18.2 Å². The van der Waals surface area contributed by atoms with Crippen molar-refractivity contribution in [3.8, 4) is 6.07 Å². The molecule has 1 aliphatic carbocycles. The van der Waals surface area contributed by atoms with Crippen LogP contribution >= 0.6 is 0 Å². The molecule has 0 atom stereocenters. The summed E-state index contributed by atoms with van der Waals surface area (Å²) in [4.78, 5) is 2.50. The number of anilines is 1. The second-order valence-corrected chi connectivity index (χ2v) is 5.39. The summed E-state index contributed by atoms with van der Waals surface area (Å²) < 4.78 is 0. The number of hydrogen-bond donors (Lipinski definition) is 0. The average Bonchev–Trinajstić information content (AvgIpc) is 3.09. The first-order valence-corrected chi connectivity index (χ1v) is 6.39. The van der Waals surface area contributed by atoms with E-state index in [1.165, 1.54) is 18.5 Å². The SMILES string of the molecule is Cc1cc(N(CC(C)C)C2CC2)ccc1C#N. The highest BCUT2D eigenvalue weighted by Gasteiger charge is 2.29. The van der Waals surface area contributed by atoms with Crippen molar-refractivity contribution >= 4 is 5.69 Å². The van der Waals surface area contributed by atoms with E-state index in [-0.39, 0.29) is 0 Å². The highest BCUT2D eigenvalue weighted by atomic mass is 15.2. The summed E-state index contributed by atoms with van der Waals surface area (Å²) >= 11 is 0. The van der Waals surface area contributed by atoms with Gasteiger partial charge in [-0.1, -0.05) is 13.8 Å². The third kappa shape index (κ3) is 2.79. The van der Waals surface area contributed by atoms with Crippen LogP contribution < -0.4 is 4.90 Å². The van der Waals surface area contributed by atoms with Crippen LogP contribution in [0, 0.1) is 24.2 Å². The molecule has 0 amide bonds. The Morgan fingerprint density at radius 2 is 2.12 bits per heavy atom. The topological polar surface area (TPSA) is 27.0 Å². The van der Waals surface area contributed by atoms with Gasteiger partial charge in [0.15, 0.2) is 0 Å². The monoisotopic (exact) mass is 228 g/mol. The lowest BCUT2D eigenvalue weighted by molar-refractivity contribution is 0.607. The lowest BCUT2D eigenvalue weighted by Crippen LogP contribution is -2.29. The quantitative estimate of drug-likeness (QED) is 0.788. The minimum atomic E-state index is 0.673. The standard InChI is InChI=1S/C15H20N2/c1-11(2)10-17(14-6-7-14)15-5-4-13(9-16)12(3)8-15/h4-5,8,11,14H,6-7,10H2,1-3H3. The summed E-state index contributed by atoms with van der Waals surface area (Å²) in [6.45, 7) is 7.64. The summed E-state index contributed by atoms with van der Waals surface area (Å²) in [7, 11) is 0. The molecule has 1 aromatic rings. The van der Waals surface area contributed by atoms with E-state index in [9.17, 15) is 0 Å². The molecule has 2 rings (SSSR count). The summed E-state index contributed by atoms with van der Waals surface area (Å²) in [5.74, 6) is 0.673. The molecule has 0 radical (unpaired) electrons. The maximum absolute atomic E-state index is 8.95. The summed E-state index contributed by atoms with van der Waals surface area (Å²) in [6, 6.07) is 9.14. The van der Waals surface area contributed by atoms with Gasteiger partial charge >= 0.3 is 0 Å². The van der Waals surface area contributed by atoms with Gasteiger partial charge in [-0.15, -0.1) is 0 Å². The maximum atomic E-state index is 8.95. The van der Waals surface area contributed by atoms with Crippen molar-refractivity contribution in [3.05, 3.63) is 29.3 Å². The molecular formula is C15H20N2. The Hall–Kier alpha value is -1.49. The highest BCUT2D eigenvalue weighted by Crippen LogP contribution is 2.33. The van der Waals surface area contributed by atoms with Crippen molar-refractivity contribution in [3.63, 3.8) is 0 Å². The molecule has 0 aliphatic heterocycles. The molecule has 1 aliphatic rings. The number of rotatable bonds is 4. The van der Waals surface area contributed by atoms with E-state index in [4.69, 9.17) is 5.26 Å². The van der Waals surface area contributed by atoms with Gasteiger partial charge in [0.05, 0.1) is 11.6 Å². The van der Waals surface area contributed by atoms with Crippen LogP contribution in [0.25, 0.3) is 0 Å². The van der Waals surface area contributed by atoms with Crippen molar-refractivity contribution in [1.29, 1.82) is 5.26 Å². The molecule has 0 heterocycles. The Labute approximate surface area is 104 Å². The molecular weight excluding hydrogens is 208 g/mol. The van der Waals surface area contributed by atoms with Crippen molar-refractivity contribution in [2.24, 2.45) is 5.92 Å². The molecule has 90 valence electrons. The van der Waals surface area contributed by atoms with Crippen LogP contribution in [0.3, 0.4) is 0 Å². The Morgan fingerprint density at radius 3 is 2.59 bits per heavy atom. The zero-order valence-corrected chi connectivity index (χ0v) is 10.9. The second-order valence-electron chi connectivity index (χ2n) is 5.39. The van der Waals surface area contributed by atoms with Gasteiger partial charge in [0, 0.05) is 18.3 Å². The van der Waals surface area contributed by atoms with Gasteiger partial charge in [0.1, 0.15) is 0 Å². The fourth-order valence-electron chi connectivity index (χ4n) is 2.20. The fraction of sp³-hybridized carbons (Fsp3) is 0.533. The molecule has 0 N–H and O–H groups in total. The highest BCUT2D eigenvalue weighted by molar-refractivity contribution is 5.54. The van der Waals surface area contributed by atoms with Gasteiger partial charge in [-0.3, -0.25) is 0 Å². The fourth-order valence-corrected chi connectivity index (χ4v) is 2.20. The van der Waals surface area contributed by atoms with E-state index in [0.29, 0.717) is 5.92 Å². The number of benzene rings is 1. The molecule has 0 spiro atoms. The van der Waals surface area contributed by atoms with Crippen molar-refractivity contribution in [2.45, 2.75) is 39.7 Å². The first-order valence-electron chi connectivity index (χ1n) is 6.39. The minimum Gasteiger partial charge on any atom is -0.368 e. The molecule has 1 saturated carbocycles. The van der Waals surface area contributed by atoms with Gasteiger partial charge in [-0.05, 0) is 49.4 Å². The zero-order chi connectivity index (χ0) is 12.4. The average molecular weight is 228 g/mol. The summed E-state index contributed by atoms with van der Waals surface area (Å²) in [6.07, 6.45) is 2.62. The summed E-state index contributed by atoms with van der Waals surface area (Å²) in [5.41, 5.74) is 3.14. The number of nitriles is 1. The third-order valence-corrected chi connectivity index (χ3v) is 3.21. The van der Waals surface area contributed by atoms with E-state index in [2.05, 4.69) is 36.9 Å². The Bertz CT molecular complexity index is 439. The lowest BCUT2D eigenvalue weighted by Gasteiger charge is -2.27. The van der Waals surface area contributed by atoms with Crippen LogP contribution in [-0.2, 0) is 0 Å². The third-order valence-electron chi connectivity index (χ3n) is 3.21. The summed E-state index contributed by atoms with van der Waals surface area (Å²) in [5, 5.41) is 8.95. The Morgan fingerprint density at radius 1 is 1.41 bits per heavy atom. The molecule has 1 fully saturated rings. The predicted molar refractivity (Wildman–Crippen MR) is 71.1 cm³/mol. The lowest BCUT2D eigenvalue weighted by atomic mass is 10.1. The van der Waals surface area contributed by atoms with Crippen molar-refractivity contribution in [2.75, 3.05) is 11.4 Å². The van der Waals surface area contributed by atoms with Gasteiger partial charge in [0.25, 0.3) is 0 Å². The Kier molecular flexibility index (Phi) is 3.38. The second kappa shape index (κ2) is 4.79. The van der Waals surface area contributed by atoms with Crippen molar-refractivity contribution in [1.82, 2.24) is 0 Å². The van der Waals surface area contributed by atoms with Crippen LogP contribution in [-0.4, -0.2) is 12.6 Å². The van der Waals surface area contributed by atoms with Crippen LogP contribution in [0.5, 0.6) is 0 Å². The van der Waals surface area contributed by atoms with E-state index in [0.717, 1.165) is 23.7 Å². The smallest absolute Gasteiger partial charge is 0.0994 e. The van der Waals surface area contributed by atoms with Gasteiger partial charge < -0.3 is 4.90 Å². The van der Waals surface area contributed by atoms with Gasteiger partial charge in [-0.25, -0.2) is 0 Å². The van der Waals surface area contributed by atoms with Gasteiger partial charge in [0.2, 0.25) is 0 Å². The number of aryl methyl sites for hydroxylation is 1. The normalized spacial score (nSPS) is 14.8. The first kappa shape index (κ1) is 12.0. The molecule has 2 heteroatoms.